The van der Waals surface area contributed by atoms with E-state index in [2.05, 4.69) is 4.72 Å². The Morgan fingerprint density at radius 1 is 1.50 bits per heavy atom. The maximum atomic E-state index is 13.5. The van der Waals surface area contributed by atoms with Gasteiger partial charge < -0.3 is 10.5 Å². The van der Waals surface area contributed by atoms with Crippen LogP contribution in [0, 0.1) is 11.7 Å². The van der Waals surface area contributed by atoms with E-state index >= 15 is 0 Å². The highest BCUT2D eigenvalue weighted by Crippen LogP contribution is 2.21. The lowest BCUT2D eigenvalue weighted by atomic mass is 10.2. The van der Waals surface area contributed by atoms with Gasteiger partial charge in [-0.05, 0) is 18.1 Å². The van der Waals surface area contributed by atoms with Crippen molar-refractivity contribution >= 4 is 15.7 Å². The number of rotatable bonds is 6. The van der Waals surface area contributed by atoms with Gasteiger partial charge in [0.15, 0.2) is 0 Å². The van der Waals surface area contributed by atoms with Crippen LogP contribution in [-0.4, -0.2) is 28.7 Å². The Morgan fingerprint density at radius 3 is 2.72 bits per heavy atom. The molecule has 1 unspecified atom stereocenters. The maximum Gasteiger partial charge on any atom is 0.245 e. The highest BCUT2D eigenvalue weighted by molar-refractivity contribution is 7.89. The average molecular weight is 276 g/mol. The van der Waals surface area contributed by atoms with E-state index in [1.807, 2.05) is 6.92 Å². The molecule has 1 aromatic rings. The van der Waals surface area contributed by atoms with Gasteiger partial charge in [0.1, 0.15) is 10.7 Å². The highest BCUT2D eigenvalue weighted by atomic mass is 32.2. The van der Waals surface area contributed by atoms with E-state index in [0.717, 1.165) is 6.07 Å². The SMILES string of the molecule is COCC(C)CNS(=O)(=O)c1c(N)cccc1F. The third-order valence-corrected chi connectivity index (χ3v) is 3.85. The van der Waals surface area contributed by atoms with E-state index < -0.39 is 20.7 Å². The van der Waals surface area contributed by atoms with Crippen LogP contribution in [-0.2, 0) is 14.8 Å². The first-order chi connectivity index (χ1) is 8.38. The van der Waals surface area contributed by atoms with Crippen molar-refractivity contribution in [2.75, 3.05) is 26.0 Å². The van der Waals surface area contributed by atoms with E-state index in [1.54, 1.807) is 0 Å². The fraction of sp³-hybridized carbons (Fsp3) is 0.455. The van der Waals surface area contributed by atoms with E-state index in [4.69, 9.17) is 10.5 Å². The van der Waals surface area contributed by atoms with Crippen molar-refractivity contribution in [3.63, 3.8) is 0 Å². The minimum absolute atomic E-state index is 0.0160. The average Bonchev–Trinajstić information content (AvgIpc) is 2.26. The Bertz CT molecular complexity index is 485. The van der Waals surface area contributed by atoms with Gasteiger partial charge in [0.25, 0.3) is 0 Å². The van der Waals surface area contributed by atoms with Crippen molar-refractivity contribution < 1.29 is 17.5 Å². The van der Waals surface area contributed by atoms with Gasteiger partial charge in [-0.3, -0.25) is 0 Å². The van der Waals surface area contributed by atoms with E-state index in [9.17, 15) is 12.8 Å². The van der Waals surface area contributed by atoms with Gasteiger partial charge >= 0.3 is 0 Å². The number of hydrogen-bond donors (Lipinski definition) is 2. The summed E-state index contributed by atoms with van der Waals surface area (Å²) in [5.41, 5.74) is 5.38. The first-order valence-electron chi connectivity index (χ1n) is 5.41. The number of ether oxygens (including phenoxy) is 1. The summed E-state index contributed by atoms with van der Waals surface area (Å²) in [6, 6.07) is 3.76. The fourth-order valence-corrected chi connectivity index (χ4v) is 2.83. The molecular weight excluding hydrogens is 259 g/mol. The molecular formula is C11H17FN2O3S. The molecule has 0 heterocycles. The molecule has 0 saturated heterocycles. The van der Waals surface area contributed by atoms with Crippen LogP contribution in [0.5, 0.6) is 0 Å². The van der Waals surface area contributed by atoms with E-state index in [1.165, 1.54) is 19.2 Å². The summed E-state index contributed by atoms with van der Waals surface area (Å²) >= 11 is 0. The van der Waals surface area contributed by atoms with Crippen molar-refractivity contribution in [1.82, 2.24) is 4.72 Å². The molecule has 0 spiro atoms. The molecule has 3 N–H and O–H groups in total. The molecule has 0 radical (unpaired) electrons. The number of nitrogen functional groups attached to an aromatic ring is 1. The van der Waals surface area contributed by atoms with Crippen molar-refractivity contribution in [1.29, 1.82) is 0 Å². The number of benzene rings is 1. The zero-order valence-electron chi connectivity index (χ0n) is 10.3. The van der Waals surface area contributed by atoms with Crippen LogP contribution in [0.3, 0.4) is 0 Å². The van der Waals surface area contributed by atoms with Crippen LogP contribution in [0.15, 0.2) is 23.1 Å². The summed E-state index contributed by atoms with van der Waals surface area (Å²) < 4.78 is 44.5. The second kappa shape index (κ2) is 6.12. The Hall–Kier alpha value is -1.18. The van der Waals surface area contributed by atoms with Gasteiger partial charge in [0.05, 0.1) is 5.69 Å². The molecule has 0 aliphatic carbocycles. The van der Waals surface area contributed by atoms with Crippen molar-refractivity contribution in [2.45, 2.75) is 11.8 Å². The molecule has 0 bridgehead atoms. The zero-order valence-corrected chi connectivity index (χ0v) is 11.1. The third kappa shape index (κ3) is 3.66. The lowest BCUT2D eigenvalue weighted by Crippen LogP contribution is -2.31. The Morgan fingerprint density at radius 2 is 2.17 bits per heavy atom. The monoisotopic (exact) mass is 276 g/mol. The molecule has 7 heteroatoms. The van der Waals surface area contributed by atoms with Gasteiger partial charge in [-0.15, -0.1) is 0 Å². The maximum absolute atomic E-state index is 13.5. The Labute approximate surface area is 106 Å². The molecule has 1 atom stereocenters. The molecule has 0 fully saturated rings. The molecule has 0 saturated carbocycles. The molecule has 1 rings (SSSR count). The quantitative estimate of drug-likeness (QED) is 0.759. The number of halogens is 1. The summed E-state index contributed by atoms with van der Waals surface area (Å²) in [4.78, 5) is -0.505. The summed E-state index contributed by atoms with van der Waals surface area (Å²) in [6.45, 7) is 2.38. The standard InChI is InChI=1S/C11H17FN2O3S/c1-8(7-17-2)6-14-18(15,16)11-9(12)4-3-5-10(11)13/h3-5,8,14H,6-7,13H2,1-2H3. The van der Waals surface area contributed by atoms with Gasteiger partial charge in [-0.1, -0.05) is 13.0 Å². The summed E-state index contributed by atoms with van der Waals surface area (Å²) in [5.74, 6) is -0.875. The van der Waals surface area contributed by atoms with Gasteiger partial charge in [0, 0.05) is 20.3 Å². The van der Waals surface area contributed by atoms with Gasteiger partial charge in [-0.25, -0.2) is 17.5 Å². The molecule has 1 aromatic carbocycles. The van der Waals surface area contributed by atoms with E-state index in [0.29, 0.717) is 6.61 Å². The largest absolute Gasteiger partial charge is 0.398 e. The van der Waals surface area contributed by atoms with Crippen LogP contribution < -0.4 is 10.5 Å². The number of sulfonamides is 1. The van der Waals surface area contributed by atoms with Crippen molar-refractivity contribution in [3.05, 3.63) is 24.0 Å². The molecule has 102 valence electrons. The number of anilines is 1. The number of hydrogen-bond acceptors (Lipinski definition) is 4. The lowest BCUT2D eigenvalue weighted by molar-refractivity contribution is 0.161. The lowest BCUT2D eigenvalue weighted by Gasteiger charge is -2.13. The Kier molecular flexibility index (Phi) is 5.06. The molecule has 0 amide bonds. The summed E-state index contributed by atoms with van der Waals surface area (Å²) in [6.07, 6.45) is 0. The topological polar surface area (TPSA) is 81.4 Å². The van der Waals surface area contributed by atoms with Crippen LogP contribution in [0.4, 0.5) is 10.1 Å². The van der Waals surface area contributed by atoms with Crippen LogP contribution in [0.1, 0.15) is 6.92 Å². The minimum atomic E-state index is -3.94. The molecule has 0 aliphatic rings. The van der Waals surface area contributed by atoms with Crippen LogP contribution in [0.2, 0.25) is 0 Å². The number of nitrogens with two attached hydrogens (primary N) is 1. The van der Waals surface area contributed by atoms with Gasteiger partial charge in [-0.2, -0.15) is 0 Å². The zero-order chi connectivity index (χ0) is 13.8. The first-order valence-corrected chi connectivity index (χ1v) is 6.89. The minimum Gasteiger partial charge on any atom is -0.398 e. The van der Waals surface area contributed by atoms with E-state index in [-0.39, 0.29) is 18.2 Å². The number of methoxy groups -OCH3 is 1. The molecule has 0 aromatic heterocycles. The van der Waals surface area contributed by atoms with Crippen LogP contribution >= 0.6 is 0 Å². The summed E-state index contributed by atoms with van der Waals surface area (Å²) in [7, 11) is -2.41. The second-order valence-corrected chi connectivity index (χ2v) is 5.77. The van der Waals surface area contributed by atoms with Crippen molar-refractivity contribution in [3.8, 4) is 0 Å². The molecule has 5 nitrogen and oxygen atoms in total. The summed E-state index contributed by atoms with van der Waals surface area (Å²) in [5, 5.41) is 0. The normalized spacial score (nSPS) is 13.5. The predicted molar refractivity (Wildman–Crippen MR) is 67.0 cm³/mol. The molecule has 0 aliphatic heterocycles. The molecule has 18 heavy (non-hydrogen) atoms. The van der Waals surface area contributed by atoms with Gasteiger partial charge in [0.2, 0.25) is 10.0 Å². The smallest absolute Gasteiger partial charge is 0.245 e. The predicted octanol–water partition coefficient (Wildman–Crippen LogP) is 0.969. The highest BCUT2D eigenvalue weighted by Gasteiger charge is 2.22. The van der Waals surface area contributed by atoms with Crippen molar-refractivity contribution in [2.24, 2.45) is 5.92 Å². The first kappa shape index (κ1) is 14.9. The second-order valence-electron chi connectivity index (χ2n) is 4.07. The fourth-order valence-electron chi connectivity index (χ4n) is 1.48. The number of nitrogens with one attached hydrogen (secondary N) is 1. The van der Waals surface area contributed by atoms with Crippen LogP contribution in [0.25, 0.3) is 0 Å². The Balaban J connectivity index is 2.87. The third-order valence-electron chi connectivity index (χ3n) is 2.34.